The van der Waals surface area contributed by atoms with Crippen LogP contribution in [0, 0.1) is 0 Å². The van der Waals surface area contributed by atoms with Crippen molar-refractivity contribution in [2.75, 3.05) is 0 Å². The molecule has 3 nitrogen and oxygen atoms in total. The Kier molecular flexibility index (Phi) is 10.5. The van der Waals surface area contributed by atoms with E-state index in [1.807, 2.05) is 0 Å². The summed E-state index contributed by atoms with van der Waals surface area (Å²) < 4.78 is 0. The Labute approximate surface area is 99.4 Å². The second-order valence-electron chi connectivity index (χ2n) is 4.60. The fourth-order valence-electron chi connectivity index (χ4n) is 1.85. The molecule has 0 aromatic carbocycles. The van der Waals surface area contributed by atoms with Crippen molar-refractivity contribution in [3.8, 4) is 0 Å². The number of carbonyl (C=O) groups is 1. The lowest BCUT2D eigenvalue weighted by Gasteiger charge is -2.10. The number of carboxylic acid groups (broad SMARTS) is 1. The lowest BCUT2D eigenvalue weighted by atomic mass is 10.0. The summed E-state index contributed by atoms with van der Waals surface area (Å²) in [5.41, 5.74) is 5.91. The highest BCUT2D eigenvalue weighted by molar-refractivity contribution is 5.66. The van der Waals surface area contributed by atoms with E-state index in [2.05, 4.69) is 6.92 Å². The summed E-state index contributed by atoms with van der Waals surface area (Å²) in [6, 6.07) is 0.200. The first kappa shape index (κ1) is 15.4. The highest BCUT2D eigenvalue weighted by atomic mass is 16.4. The van der Waals surface area contributed by atoms with Crippen molar-refractivity contribution in [3.05, 3.63) is 0 Å². The average molecular weight is 229 g/mol. The highest BCUT2D eigenvalue weighted by Crippen LogP contribution is 2.10. The van der Waals surface area contributed by atoms with E-state index in [1.54, 1.807) is 0 Å². The minimum Gasteiger partial charge on any atom is -0.481 e. The number of carboxylic acids is 1. The summed E-state index contributed by atoms with van der Waals surface area (Å²) in [4.78, 5) is 10.3. The van der Waals surface area contributed by atoms with Gasteiger partial charge in [-0.25, -0.2) is 0 Å². The first-order valence-corrected chi connectivity index (χ1v) is 6.64. The Balaban J connectivity index is 3.17. The van der Waals surface area contributed by atoms with E-state index in [-0.39, 0.29) is 12.5 Å². The van der Waals surface area contributed by atoms with Crippen molar-refractivity contribution in [1.29, 1.82) is 0 Å². The van der Waals surface area contributed by atoms with Crippen molar-refractivity contribution in [3.63, 3.8) is 0 Å². The second-order valence-corrected chi connectivity index (χ2v) is 4.60. The van der Waals surface area contributed by atoms with Gasteiger partial charge < -0.3 is 10.8 Å². The maximum absolute atomic E-state index is 10.3. The van der Waals surface area contributed by atoms with Gasteiger partial charge in [0.15, 0.2) is 0 Å². The molecule has 0 aliphatic carbocycles. The molecule has 0 bridgehead atoms. The minimum atomic E-state index is -0.716. The molecule has 1 atom stereocenters. The number of hydrogen-bond donors (Lipinski definition) is 2. The summed E-state index contributed by atoms with van der Waals surface area (Å²) in [6.07, 6.45) is 10.6. The Bertz CT molecular complexity index is 171. The van der Waals surface area contributed by atoms with Crippen LogP contribution in [-0.2, 0) is 4.79 Å². The molecule has 0 aromatic heterocycles. The quantitative estimate of drug-likeness (QED) is 0.534. The summed E-state index contributed by atoms with van der Waals surface area (Å²) in [7, 11) is 0. The molecule has 3 heteroatoms. The molecule has 0 aliphatic heterocycles. The van der Waals surface area contributed by atoms with Gasteiger partial charge in [0.2, 0.25) is 0 Å². The van der Waals surface area contributed by atoms with E-state index in [0.29, 0.717) is 6.42 Å². The Morgan fingerprint density at radius 1 is 1.06 bits per heavy atom. The number of hydrogen-bond acceptors (Lipinski definition) is 2. The van der Waals surface area contributed by atoms with E-state index in [9.17, 15) is 4.79 Å². The third-order valence-electron chi connectivity index (χ3n) is 2.89. The van der Waals surface area contributed by atoms with Crippen LogP contribution in [0.4, 0.5) is 0 Å². The van der Waals surface area contributed by atoms with Gasteiger partial charge >= 0.3 is 5.97 Å². The summed E-state index contributed by atoms with van der Waals surface area (Å²) in [6.45, 7) is 2.22. The molecule has 1 unspecified atom stereocenters. The standard InChI is InChI=1S/C13H27NO2/c1-2-3-4-5-6-7-9-12(14)10-8-11-13(15)16/h12H,2-11,14H2,1H3,(H,15,16). The lowest BCUT2D eigenvalue weighted by Crippen LogP contribution is -2.19. The molecule has 0 heterocycles. The maximum Gasteiger partial charge on any atom is 0.303 e. The molecule has 0 saturated carbocycles. The van der Waals surface area contributed by atoms with Gasteiger partial charge in [0.05, 0.1) is 0 Å². The summed E-state index contributed by atoms with van der Waals surface area (Å²) >= 11 is 0. The molecule has 0 aromatic rings. The van der Waals surface area contributed by atoms with Gasteiger partial charge in [0.1, 0.15) is 0 Å². The molecule has 0 aliphatic rings. The first-order chi connectivity index (χ1) is 7.66. The van der Waals surface area contributed by atoms with E-state index in [4.69, 9.17) is 10.8 Å². The van der Waals surface area contributed by atoms with Crippen LogP contribution in [0.1, 0.15) is 71.1 Å². The summed E-state index contributed by atoms with van der Waals surface area (Å²) in [5.74, 6) is -0.716. The first-order valence-electron chi connectivity index (χ1n) is 6.64. The fourth-order valence-corrected chi connectivity index (χ4v) is 1.85. The number of nitrogens with two attached hydrogens (primary N) is 1. The normalized spacial score (nSPS) is 12.6. The van der Waals surface area contributed by atoms with Crippen molar-refractivity contribution in [2.45, 2.75) is 77.2 Å². The molecule has 16 heavy (non-hydrogen) atoms. The predicted molar refractivity (Wildman–Crippen MR) is 67.5 cm³/mol. The molecule has 0 fully saturated rings. The fraction of sp³-hybridized carbons (Fsp3) is 0.923. The van der Waals surface area contributed by atoms with Crippen LogP contribution >= 0.6 is 0 Å². The topological polar surface area (TPSA) is 63.3 Å². The number of aliphatic carboxylic acids is 1. The monoisotopic (exact) mass is 229 g/mol. The van der Waals surface area contributed by atoms with Crippen LogP contribution in [0.3, 0.4) is 0 Å². The molecule has 0 radical (unpaired) electrons. The van der Waals surface area contributed by atoms with E-state index >= 15 is 0 Å². The van der Waals surface area contributed by atoms with Crippen molar-refractivity contribution >= 4 is 5.97 Å². The molecule has 3 N–H and O–H groups in total. The van der Waals surface area contributed by atoms with E-state index < -0.39 is 5.97 Å². The molecule has 0 rings (SSSR count). The van der Waals surface area contributed by atoms with Crippen LogP contribution in [0.25, 0.3) is 0 Å². The Morgan fingerprint density at radius 3 is 2.25 bits per heavy atom. The van der Waals surface area contributed by atoms with Gasteiger partial charge in [-0.3, -0.25) is 4.79 Å². The Hall–Kier alpha value is -0.570. The zero-order valence-corrected chi connectivity index (χ0v) is 10.6. The van der Waals surface area contributed by atoms with Gasteiger partial charge in [0, 0.05) is 12.5 Å². The molecule has 0 saturated heterocycles. The predicted octanol–water partition coefficient (Wildman–Crippen LogP) is 3.32. The summed E-state index contributed by atoms with van der Waals surface area (Å²) in [5, 5.41) is 8.48. The molecule has 96 valence electrons. The third kappa shape index (κ3) is 11.5. The highest BCUT2D eigenvalue weighted by Gasteiger charge is 2.04. The van der Waals surface area contributed by atoms with Crippen LogP contribution in [0.15, 0.2) is 0 Å². The molecule has 0 amide bonds. The van der Waals surface area contributed by atoms with Crippen molar-refractivity contribution in [1.82, 2.24) is 0 Å². The number of unbranched alkanes of at least 4 members (excludes halogenated alkanes) is 5. The van der Waals surface area contributed by atoms with Crippen LogP contribution in [0.5, 0.6) is 0 Å². The smallest absolute Gasteiger partial charge is 0.303 e. The zero-order chi connectivity index (χ0) is 12.2. The van der Waals surface area contributed by atoms with Gasteiger partial charge in [-0.05, 0) is 19.3 Å². The third-order valence-corrected chi connectivity index (χ3v) is 2.89. The zero-order valence-electron chi connectivity index (χ0n) is 10.6. The molecular weight excluding hydrogens is 202 g/mol. The Morgan fingerprint density at radius 2 is 1.62 bits per heavy atom. The number of rotatable bonds is 11. The minimum absolute atomic E-state index is 0.200. The van der Waals surface area contributed by atoms with Crippen molar-refractivity contribution < 1.29 is 9.90 Å². The van der Waals surface area contributed by atoms with Crippen LogP contribution in [0.2, 0.25) is 0 Å². The van der Waals surface area contributed by atoms with Crippen LogP contribution in [-0.4, -0.2) is 17.1 Å². The van der Waals surface area contributed by atoms with E-state index in [1.165, 1.54) is 38.5 Å². The van der Waals surface area contributed by atoms with Gasteiger partial charge in [-0.1, -0.05) is 45.4 Å². The average Bonchev–Trinajstić information content (AvgIpc) is 2.22. The molecular formula is C13H27NO2. The van der Waals surface area contributed by atoms with Crippen LogP contribution < -0.4 is 5.73 Å². The van der Waals surface area contributed by atoms with Gasteiger partial charge in [0.25, 0.3) is 0 Å². The van der Waals surface area contributed by atoms with E-state index in [0.717, 1.165) is 12.8 Å². The maximum atomic E-state index is 10.3. The lowest BCUT2D eigenvalue weighted by molar-refractivity contribution is -0.137. The van der Waals surface area contributed by atoms with Crippen molar-refractivity contribution in [2.24, 2.45) is 5.73 Å². The molecule has 0 spiro atoms. The largest absolute Gasteiger partial charge is 0.481 e. The van der Waals surface area contributed by atoms with Gasteiger partial charge in [-0.2, -0.15) is 0 Å². The SMILES string of the molecule is CCCCCCCCC(N)CCCC(=O)O. The second kappa shape index (κ2) is 10.9. The van der Waals surface area contributed by atoms with Gasteiger partial charge in [-0.15, -0.1) is 0 Å².